The van der Waals surface area contributed by atoms with E-state index in [1.165, 1.54) is 4.90 Å². The van der Waals surface area contributed by atoms with Crippen LogP contribution in [0.2, 0.25) is 0 Å². The molecule has 0 aromatic carbocycles. The number of aliphatic hydroxyl groups is 1. The first-order chi connectivity index (χ1) is 15.1. The maximum Gasteiger partial charge on any atom is 0.313 e. The third-order valence-corrected chi connectivity index (χ3v) is 7.02. The van der Waals surface area contributed by atoms with Crippen molar-refractivity contribution >= 4 is 17.8 Å². The van der Waals surface area contributed by atoms with Crippen LogP contribution in [0.1, 0.15) is 47.0 Å². The number of amides is 2. The van der Waals surface area contributed by atoms with Gasteiger partial charge in [0.2, 0.25) is 11.8 Å². The number of hydrogen-bond acceptors (Lipinski definition) is 6. The normalized spacial score (nSPS) is 38.3. The van der Waals surface area contributed by atoms with Crippen LogP contribution in [-0.4, -0.2) is 81.8 Å². The summed E-state index contributed by atoms with van der Waals surface area (Å²) in [6, 6.07) is -0.890. The van der Waals surface area contributed by atoms with Gasteiger partial charge in [-0.3, -0.25) is 14.4 Å². The van der Waals surface area contributed by atoms with Crippen LogP contribution in [0.5, 0.6) is 0 Å². The van der Waals surface area contributed by atoms with Gasteiger partial charge in [-0.05, 0) is 47.0 Å². The highest BCUT2D eigenvalue weighted by molar-refractivity contribution is 5.99. The van der Waals surface area contributed by atoms with Crippen molar-refractivity contribution in [3.05, 3.63) is 24.3 Å². The number of hydrogen-bond donors (Lipinski definition) is 1. The van der Waals surface area contributed by atoms with Crippen LogP contribution in [0.25, 0.3) is 0 Å². The molecule has 3 unspecified atom stereocenters. The Bertz CT molecular complexity index is 846. The number of carbonyl (C=O) groups excluding carboxylic acids is 3. The predicted octanol–water partition coefficient (Wildman–Crippen LogP) is 1.43. The summed E-state index contributed by atoms with van der Waals surface area (Å²) in [6.07, 6.45) is 8.41. The lowest BCUT2D eigenvalue weighted by Crippen LogP contribution is -2.58. The summed E-state index contributed by atoms with van der Waals surface area (Å²) in [5, 5.41) is 9.41. The van der Waals surface area contributed by atoms with Gasteiger partial charge in [-0.1, -0.05) is 24.3 Å². The minimum Gasteiger partial charge on any atom is -0.462 e. The average molecular weight is 447 g/mol. The molecular formula is C24H34N2O6. The minimum atomic E-state index is -1.25. The number of cyclic esters (lactones) is 1. The zero-order valence-electron chi connectivity index (χ0n) is 19.3. The van der Waals surface area contributed by atoms with Gasteiger partial charge in [-0.25, -0.2) is 0 Å². The monoisotopic (exact) mass is 446 g/mol. The molecule has 0 aliphatic carbocycles. The quantitative estimate of drug-likeness (QED) is 0.520. The molecule has 0 saturated carbocycles. The molecule has 32 heavy (non-hydrogen) atoms. The third-order valence-electron chi connectivity index (χ3n) is 7.02. The second kappa shape index (κ2) is 8.30. The molecule has 4 heterocycles. The summed E-state index contributed by atoms with van der Waals surface area (Å²) in [4.78, 5) is 44.1. The van der Waals surface area contributed by atoms with Gasteiger partial charge in [0.25, 0.3) is 0 Å². The smallest absolute Gasteiger partial charge is 0.313 e. The van der Waals surface area contributed by atoms with Crippen molar-refractivity contribution < 1.29 is 29.0 Å². The largest absolute Gasteiger partial charge is 0.462 e. The van der Waals surface area contributed by atoms with E-state index in [1.54, 1.807) is 4.90 Å². The van der Waals surface area contributed by atoms with Crippen LogP contribution in [-0.2, 0) is 23.9 Å². The molecule has 2 saturated heterocycles. The molecule has 2 amide bonds. The Hall–Kier alpha value is -2.19. The van der Waals surface area contributed by atoms with Crippen molar-refractivity contribution in [3.63, 3.8) is 0 Å². The summed E-state index contributed by atoms with van der Waals surface area (Å²) >= 11 is 0. The van der Waals surface area contributed by atoms with Gasteiger partial charge in [0, 0.05) is 25.2 Å². The van der Waals surface area contributed by atoms with Crippen molar-refractivity contribution in [2.24, 2.45) is 11.8 Å². The van der Waals surface area contributed by atoms with Gasteiger partial charge in [0.05, 0.1) is 18.1 Å². The van der Waals surface area contributed by atoms with Gasteiger partial charge >= 0.3 is 5.97 Å². The van der Waals surface area contributed by atoms with E-state index in [2.05, 4.69) is 0 Å². The molecule has 8 heteroatoms. The molecule has 1 spiro atoms. The fourth-order valence-corrected chi connectivity index (χ4v) is 5.53. The second-order valence-corrected chi connectivity index (χ2v) is 10.2. The van der Waals surface area contributed by atoms with E-state index in [-0.39, 0.29) is 31.1 Å². The topological polar surface area (TPSA) is 96.4 Å². The number of fused-ring (bicyclic) bond motifs is 2. The van der Waals surface area contributed by atoms with E-state index in [0.29, 0.717) is 19.4 Å². The van der Waals surface area contributed by atoms with E-state index < -0.39 is 41.1 Å². The number of carbonyl (C=O) groups is 3. The maximum absolute atomic E-state index is 13.9. The first-order valence-corrected chi connectivity index (χ1v) is 11.6. The number of esters is 1. The molecular weight excluding hydrogens is 412 g/mol. The standard InChI is InChI=1S/C24H34N2O6/c1-15-9-5-6-10-16-17(22(30)31-15)18-20(28)25(12-8-14-27)19-21(29)26(23(2,3)4)13-7-11-24(18,19)32-16/h6-7,10-11,15-19,27H,5,8-9,12-14H2,1-4H3/b10-6-/t15?,16-,17?,18+,19-,24?/m1/s1. The summed E-state index contributed by atoms with van der Waals surface area (Å²) in [7, 11) is 0. The van der Waals surface area contributed by atoms with Crippen molar-refractivity contribution in [1.29, 1.82) is 0 Å². The SMILES string of the molecule is CC1CC/C=C\[C@H]2OC34C=CCN(C(C)(C)C)C(=O)[C@H]3N(CCCO)C(=O)[C@@H]4C2C(=O)O1. The number of rotatable bonds is 3. The zero-order chi connectivity index (χ0) is 23.3. The van der Waals surface area contributed by atoms with Gasteiger partial charge in [0.15, 0.2) is 0 Å². The average Bonchev–Trinajstić information content (AvgIpc) is 3.10. The Morgan fingerprint density at radius 1 is 1.19 bits per heavy atom. The predicted molar refractivity (Wildman–Crippen MR) is 116 cm³/mol. The molecule has 0 radical (unpaired) electrons. The number of likely N-dealkylation sites (tertiary alicyclic amines) is 1. The van der Waals surface area contributed by atoms with Crippen LogP contribution in [0.4, 0.5) is 0 Å². The Balaban J connectivity index is 1.82. The van der Waals surface area contributed by atoms with E-state index >= 15 is 0 Å². The van der Waals surface area contributed by atoms with Crippen molar-refractivity contribution in [2.45, 2.75) is 76.3 Å². The van der Waals surface area contributed by atoms with Crippen molar-refractivity contribution in [3.8, 4) is 0 Å². The number of allylic oxidation sites excluding steroid dienone is 1. The highest BCUT2D eigenvalue weighted by Gasteiger charge is 2.72. The fourth-order valence-electron chi connectivity index (χ4n) is 5.53. The number of ether oxygens (including phenoxy) is 2. The third kappa shape index (κ3) is 3.57. The van der Waals surface area contributed by atoms with Crippen LogP contribution >= 0.6 is 0 Å². The Morgan fingerprint density at radius 3 is 2.62 bits per heavy atom. The first-order valence-electron chi connectivity index (χ1n) is 11.6. The fraction of sp³-hybridized carbons (Fsp3) is 0.708. The van der Waals surface area contributed by atoms with Gasteiger partial charge in [-0.15, -0.1) is 0 Å². The molecule has 6 atom stereocenters. The highest BCUT2D eigenvalue weighted by atomic mass is 16.6. The minimum absolute atomic E-state index is 0.101. The Morgan fingerprint density at radius 2 is 1.94 bits per heavy atom. The van der Waals surface area contributed by atoms with Crippen LogP contribution in [0.15, 0.2) is 24.3 Å². The van der Waals surface area contributed by atoms with E-state index in [1.807, 2.05) is 52.0 Å². The molecule has 4 rings (SSSR count). The molecule has 0 aromatic heterocycles. The van der Waals surface area contributed by atoms with Crippen molar-refractivity contribution in [2.75, 3.05) is 19.7 Å². The zero-order valence-corrected chi connectivity index (χ0v) is 19.3. The lowest BCUT2D eigenvalue weighted by molar-refractivity contribution is -0.159. The van der Waals surface area contributed by atoms with E-state index in [9.17, 15) is 19.5 Å². The molecule has 0 bridgehead atoms. The lowest BCUT2D eigenvalue weighted by atomic mass is 9.78. The molecule has 1 N–H and O–H groups in total. The summed E-state index contributed by atoms with van der Waals surface area (Å²) in [5.41, 5.74) is -1.70. The van der Waals surface area contributed by atoms with Crippen molar-refractivity contribution in [1.82, 2.24) is 9.80 Å². The number of aliphatic hydroxyl groups excluding tert-OH is 1. The number of nitrogens with zero attached hydrogens (tertiary/aromatic N) is 2. The first kappa shape index (κ1) is 23.0. The molecule has 4 aliphatic heterocycles. The maximum atomic E-state index is 13.9. The molecule has 0 aromatic rings. The van der Waals surface area contributed by atoms with E-state index in [0.717, 1.165) is 6.42 Å². The molecule has 4 aliphatic rings. The van der Waals surface area contributed by atoms with E-state index in [4.69, 9.17) is 9.47 Å². The molecule has 8 nitrogen and oxygen atoms in total. The van der Waals surface area contributed by atoms with Gasteiger partial charge in [0.1, 0.15) is 17.6 Å². The Labute approximate surface area is 189 Å². The molecule has 176 valence electrons. The highest BCUT2D eigenvalue weighted by Crippen LogP contribution is 2.53. The van der Waals surface area contributed by atoms with Crippen LogP contribution in [0.3, 0.4) is 0 Å². The second-order valence-electron chi connectivity index (χ2n) is 10.2. The van der Waals surface area contributed by atoms with Crippen LogP contribution < -0.4 is 0 Å². The Kier molecular flexibility index (Phi) is 5.96. The van der Waals surface area contributed by atoms with Gasteiger partial charge < -0.3 is 24.4 Å². The molecule has 2 fully saturated rings. The lowest BCUT2D eigenvalue weighted by Gasteiger charge is -2.40. The summed E-state index contributed by atoms with van der Waals surface area (Å²) in [6.45, 7) is 8.23. The summed E-state index contributed by atoms with van der Waals surface area (Å²) in [5.74, 6) is -2.61. The summed E-state index contributed by atoms with van der Waals surface area (Å²) < 4.78 is 12.2. The van der Waals surface area contributed by atoms with Gasteiger partial charge in [-0.2, -0.15) is 0 Å². The van der Waals surface area contributed by atoms with Crippen LogP contribution in [0, 0.1) is 11.8 Å².